The van der Waals surface area contributed by atoms with E-state index in [9.17, 15) is 5.26 Å². The third-order valence-corrected chi connectivity index (χ3v) is 9.80. The highest BCUT2D eigenvalue weighted by Crippen LogP contribution is 2.38. The van der Waals surface area contributed by atoms with Gasteiger partial charge in [-0.15, -0.1) is 6.58 Å². The largest absolute Gasteiger partial charge is 0.378 e. The van der Waals surface area contributed by atoms with E-state index in [0.29, 0.717) is 30.4 Å². The van der Waals surface area contributed by atoms with Gasteiger partial charge < -0.3 is 10.1 Å². The first-order valence-electron chi connectivity index (χ1n) is 17.7. The molecule has 256 valence electrons. The second-order valence-electron chi connectivity index (χ2n) is 14.1. The van der Waals surface area contributed by atoms with Gasteiger partial charge in [0.1, 0.15) is 5.84 Å². The number of allylic oxidation sites excluding steroid dienone is 7. The van der Waals surface area contributed by atoms with Gasteiger partial charge in [-0.25, -0.2) is 0 Å². The molecule has 48 heavy (non-hydrogen) atoms. The van der Waals surface area contributed by atoms with E-state index in [1.54, 1.807) is 0 Å². The van der Waals surface area contributed by atoms with Gasteiger partial charge in [-0.2, -0.15) is 5.26 Å². The summed E-state index contributed by atoms with van der Waals surface area (Å²) >= 11 is 0. The molecule has 0 spiro atoms. The highest BCUT2D eigenvalue weighted by Gasteiger charge is 2.27. The predicted molar refractivity (Wildman–Crippen MR) is 206 cm³/mol. The number of aliphatic imine (C=N–C) groups is 1. The standard InChI is InChI=1S/C44H59N3O/c1-12-15-37(29(3)4)24-30(5)23-34(9)40-21-19-33(8)42(32(7)18-20-39-25-31(6)28-48-39)26-43(40)44(46-22-13-2)47-36(11)41-17-14-16-38(27-45)35(41)10/h13-14,16-17,21,26,31,36-37,39,42H,2-3,5,7-9,12,15,18-20,22-25,28H2,1,4,6,10-11H3,(H,46,47)/t31-,36-,37+,39+,42?/m1/s1. The van der Waals surface area contributed by atoms with Gasteiger partial charge in [-0.1, -0.05) is 106 Å². The van der Waals surface area contributed by atoms with Crippen molar-refractivity contribution in [3.63, 3.8) is 0 Å². The van der Waals surface area contributed by atoms with Crippen molar-refractivity contribution in [3.05, 3.63) is 132 Å². The first kappa shape index (κ1) is 38.5. The summed E-state index contributed by atoms with van der Waals surface area (Å²) in [7, 11) is 0. The normalized spacial score (nSPS) is 20.9. The summed E-state index contributed by atoms with van der Waals surface area (Å²) in [6.45, 7) is 38.5. The maximum atomic E-state index is 9.70. The van der Waals surface area contributed by atoms with Gasteiger partial charge in [0.15, 0.2) is 0 Å². The molecule has 5 atom stereocenters. The fourth-order valence-electron chi connectivity index (χ4n) is 6.96. The van der Waals surface area contributed by atoms with Crippen LogP contribution in [0.5, 0.6) is 0 Å². The highest BCUT2D eigenvalue weighted by atomic mass is 16.5. The summed E-state index contributed by atoms with van der Waals surface area (Å²) in [5.41, 5.74) is 10.4. The maximum Gasteiger partial charge on any atom is 0.129 e. The SMILES string of the molecule is C=CCN=C(N[C@H](C)c1cccc(C#N)c1C)C1=CC(C(=C)CC[C@H]2C[C@@H](C)CO2)C(=C)CC=C1C(=C)CC(=C)C[C@H](CCC)C(=C)C. The van der Waals surface area contributed by atoms with E-state index in [1.807, 2.05) is 25.1 Å². The average Bonchev–Trinajstić information content (AvgIpc) is 3.38. The first-order valence-corrected chi connectivity index (χ1v) is 17.7. The van der Waals surface area contributed by atoms with E-state index >= 15 is 0 Å². The number of rotatable bonds is 17. The molecule has 0 radical (unpaired) electrons. The molecule has 4 heteroatoms. The Balaban J connectivity index is 2.02. The molecule has 1 heterocycles. The van der Waals surface area contributed by atoms with Crippen molar-refractivity contribution in [2.24, 2.45) is 22.7 Å². The lowest BCUT2D eigenvalue weighted by Gasteiger charge is -2.25. The van der Waals surface area contributed by atoms with E-state index < -0.39 is 0 Å². The molecule has 1 saturated heterocycles. The molecule has 0 saturated carbocycles. The summed E-state index contributed by atoms with van der Waals surface area (Å²) < 4.78 is 6.04. The van der Waals surface area contributed by atoms with Crippen molar-refractivity contribution in [1.82, 2.24) is 5.32 Å². The molecule has 1 unspecified atom stereocenters. The number of nitrogens with zero attached hydrogens (tertiary/aromatic N) is 2. The van der Waals surface area contributed by atoms with Crippen LogP contribution in [0.25, 0.3) is 0 Å². The fraction of sp³-hybridized carbons (Fsp3) is 0.455. The van der Waals surface area contributed by atoms with Gasteiger partial charge in [-0.05, 0) is 106 Å². The molecule has 1 aliphatic heterocycles. The number of benzene rings is 1. The van der Waals surface area contributed by atoms with Crippen LogP contribution in [0.15, 0.2) is 120 Å². The van der Waals surface area contributed by atoms with Crippen LogP contribution in [0.4, 0.5) is 0 Å². The van der Waals surface area contributed by atoms with Gasteiger partial charge in [-0.3, -0.25) is 4.99 Å². The number of hydrogen-bond acceptors (Lipinski definition) is 3. The van der Waals surface area contributed by atoms with Crippen molar-refractivity contribution < 1.29 is 4.74 Å². The van der Waals surface area contributed by atoms with Gasteiger partial charge in [0.05, 0.1) is 30.3 Å². The number of hydrogen-bond donors (Lipinski definition) is 1. The second kappa shape index (κ2) is 18.6. The minimum Gasteiger partial charge on any atom is -0.378 e. The Morgan fingerprint density at radius 3 is 2.58 bits per heavy atom. The smallest absolute Gasteiger partial charge is 0.129 e. The van der Waals surface area contributed by atoms with Crippen LogP contribution in [0, 0.1) is 36.0 Å². The molecular formula is C44H59N3O. The number of nitrogens with one attached hydrogen (secondary N) is 1. The molecule has 1 fully saturated rings. The highest BCUT2D eigenvalue weighted by molar-refractivity contribution is 6.04. The number of nitriles is 1. The monoisotopic (exact) mass is 645 g/mol. The van der Waals surface area contributed by atoms with E-state index in [4.69, 9.17) is 9.73 Å². The number of amidine groups is 1. The van der Waals surface area contributed by atoms with Gasteiger partial charge >= 0.3 is 0 Å². The predicted octanol–water partition coefficient (Wildman–Crippen LogP) is 11.2. The molecule has 1 aliphatic carbocycles. The second-order valence-corrected chi connectivity index (χ2v) is 14.1. The van der Waals surface area contributed by atoms with Crippen LogP contribution >= 0.6 is 0 Å². The zero-order valence-corrected chi connectivity index (χ0v) is 30.5. The van der Waals surface area contributed by atoms with Gasteiger partial charge in [0, 0.05) is 18.1 Å². The molecule has 1 aromatic carbocycles. The van der Waals surface area contributed by atoms with E-state index in [1.165, 1.54) is 5.57 Å². The van der Waals surface area contributed by atoms with Crippen LogP contribution in [-0.4, -0.2) is 25.1 Å². The molecule has 3 rings (SSSR count). The van der Waals surface area contributed by atoms with E-state index in [-0.39, 0.29) is 18.1 Å². The van der Waals surface area contributed by atoms with Crippen LogP contribution < -0.4 is 5.32 Å². The van der Waals surface area contributed by atoms with Crippen LogP contribution in [0.2, 0.25) is 0 Å². The Hall–Kier alpha value is -3.94. The molecule has 0 bridgehead atoms. The van der Waals surface area contributed by atoms with Crippen molar-refractivity contribution >= 4 is 5.84 Å². The molecular weight excluding hydrogens is 587 g/mol. The molecule has 0 aromatic heterocycles. The van der Waals surface area contributed by atoms with E-state index in [2.05, 4.69) is 96.8 Å². The zero-order valence-electron chi connectivity index (χ0n) is 30.5. The third-order valence-electron chi connectivity index (χ3n) is 9.80. The van der Waals surface area contributed by atoms with Gasteiger partial charge in [0.2, 0.25) is 0 Å². The van der Waals surface area contributed by atoms with Crippen molar-refractivity contribution in [1.29, 1.82) is 5.26 Å². The molecule has 0 amide bonds. The lowest BCUT2D eigenvalue weighted by atomic mass is 9.85. The molecule has 1 N–H and O–H groups in total. The maximum absolute atomic E-state index is 9.70. The summed E-state index contributed by atoms with van der Waals surface area (Å²) in [5, 5.41) is 13.4. The molecule has 1 aromatic rings. The quantitative estimate of drug-likeness (QED) is 0.104. The molecule has 2 aliphatic rings. The number of ether oxygens (including phenoxy) is 1. The Morgan fingerprint density at radius 2 is 1.96 bits per heavy atom. The average molecular weight is 646 g/mol. The van der Waals surface area contributed by atoms with Crippen LogP contribution in [-0.2, 0) is 4.74 Å². The zero-order chi connectivity index (χ0) is 35.4. The third kappa shape index (κ3) is 10.5. The van der Waals surface area contributed by atoms with Crippen LogP contribution in [0.3, 0.4) is 0 Å². The Morgan fingerprint density at radius 1 is 1.21 bits per heavy atom. The topological polar surface area (TPSA) is 57.4 Å². The van der Waals surface area contributed by atoms with Crippen molar-refractivity contribution in [2.75, 3.05) is 13.2 Å². The van der Waals surface area contributed by atoms with Crippen molar-refractivity contribution in [2.45, 2.75) is 98.1 Å². The lowest BCUT2D eigenvalue weighted by Crippen LogP contribution is -2.30. The summed E-state index contributed by atoms with van der Waals surface area (Å²) in [4.78, 5) is 5.05. The Kier molecular flexibility index (Phi) is 14.9. The Bertz CT molecular complexity index is 1530. The summed E-state index contributed by atoms with van der Waals surface area (Å²) in [6, 6.07) is 8.11. The minimum absolute atomic E-state index is 0.0179. The summed E-state index contributed by atoms with van der Waals surface area (Å²) in [5.74, 6) is 1.79. The fourth-order valence-corrected chi connectivity index (χ4v) is 6.96. The van der Waals surface area contributed by atoms with E-state index in [0.717, 1.165) is 102 Å². The summed E-state index contributed by atoms with van der Waals surface area (Å²) in [6.07, 6.45) is 14.1. The first-order chi connectivity index (χ1) is 22.9. The lowest BCUT2D eigenvalue weighted by molar-refractivity contribution is 0.101. The van der Waals surface area contributed by atoms with Crippen molar-refractivity contribution in [3.8, 4) is 6.07 Å². The van der Waals surface area contributed by atoms with Crippen LogP contribution in [0.1, 0.15) is 102 Å². The minimum atomic E-state index is -0.104. The Labute approximate surface area is 292 Å². The molecule has 4 nitrogen and oxygen atoms in total. The van der Waals surface area contributed by atoms with Gasteiger partial charge in [0.25, 0.3) is 0 Å².